The molecule has 32 heavy (non-hydrogen) atoms. The van der Waals surface area contributed by atoms with Gasteiger partial charge in [0.2, 0.25) is 10.0 Å². The van der Waals surface area contributed by atoms with E-state index in [9.17, 15) is 18.0 Å². The van der Waals surface area contributed by atoms with Crippen LogP contribution in [0, 0.1) is 0 Å². The van der Waals surface area contributed by atoms with E-state index in [1.54, 1.807) is 52.2 Å². The zero-order valence-corrected chi connectivity index (χ0v) is 19.7. The monoisotopic (exact) mass is 463 g/mol. The minimum Gasteiger partial charge on any atom is -0.495 e. The molecule has 0 bridgehead atoms. The fourth-order valence-corrected chi connectivity index (χ4v) is 4.47. The molecule has 0 fully saturated rings. The number of rotatable bonds is 10. The molecule has 9 nitrogen and oxygen atoms in total. The van der Waals surface area contributed by atoms with Gasteiger partial charge >= 0.3 is 0 Å². The van der Waals surface area contributed by atoms with Crippen molar-refractivity contribution in [3.63, 3.8) is 0 Å². The van der Waals surface area contributed by atoms with Crippen LogP contribution in [0.25, 0.3) is 0 Å². The van der Waals surface area contributed by atoms with Gasteiger partial charge in [-0.3, -0.25) is 9.59 Å². The number of amides is 2. The Morgan fingerprint density at radius 3 is 2.16 bits per heavy atom. The Kier molecular flexibility index (Phi) is 8.62. The number of hydrogen-bond donors (Lipinski definition) is 1. The van der Waals surface area contributed by atoms with Crippen molar-refractivity contribution in [1.82, 2.24) is 9.21 Å². The van der Waals surface area contributed by atoms with Crippen LogP contribution in [-0.4, -0.2) is 70.3 Å². The van der Waals surface area contributed by atoms with Crippen molar-refractivity contribution in [2.45, 2.75) is 18.7 Å². The van der Waals surface area contributed by atoms with Crippen LogP contribution in [0.5, 0.6) is 11.5 Å². The quantitative estimate of drug-likeness (QED) is 0.580. The Morgan fingerprint density at radius 2 is 1.62 bits per heavy atom. The van der Waals surface area contributed by atoms with Crippen LogP contribution in [-0.2, 0) is 14.8 Å². The predicted molar refractivity (Wildman–Crippen MR) is 122 cm³/mol. The van der Waals surface area contributed by atoms with E-state index in [1.807, 2.05) is 0 Å². The normalized spacial score (nSPS) is 11.2. The van der Waals surface area contributed by atoms with E-state index >= 15 is 0 Å². The highest BCUT2D eigenvalue weighted by Crippen LogP contribution is 2.28. The van der Waals surface area contributed by atoms with Crippen molar-refractivity contribution in [3.05, 3.63) is 48.0 Å². The summed E-state index contributed by atoms with van der Waals surface area (Å²) in [6.07, 6.45) is 0. The van der Waals surface area contributed by atoms with Gasteiger partial charge < -0.3 is 19.7 Å². The van der Waals surface area contributed by atoms with Gasteiger partial charge in [-0.25, -0.2) is 8.42 Å². The Hall–Kier alpha value is -3.11. The first-order valence-electron chi connectivity index (χ1n) is 10.1. The van der Waals surface area contributed by atoms with E-state index in [2.05, 4.69) is 5.32 Å². The zero-order chi connectivity index (χ0) is 23.9. The molecule has 2 aromatic rings. The molecule has 2 rings (SSSR count). The van der Waals surface area contributed by atoms with Gasteiger partial charge in [0, 0.05) is 38.4 Å². The summed E-state index contributed by atoms with van der Waals surface area (Å²) < 4.78 is 37.9. The molecule has 0 unspecified atom stereocenters. The Bertz CT molecular complexity index is 1050. The average Bonchev–Trinajstić information content (AvgIpc) is 2.78. The van der Waals surface area contributed by atoms with Crippen molar-refractivity contribution in [2.75, 3.05) is 46.2 Å². The maximum Gasteiger partial charge on any atom is 0.259 e. The molecule has 0 saturated carbocycles. The molecular weight excluding hydrogens is 434 g/mol. The number of hydrogen-bond acceptors (Lipinski definition) is 6. The first-order valence-corrected chi connectivity index (χ1v) is 11.5. The number of carbonyl (C=O) groups is 2. The Labute approximate surface area is 189 Å². The second-order valence-electron chi connectivity index (χ2n) is 7.01. The van der Waals surface area contributed by atoms with Crippen LogP contribution >= 0.6 is 0 Å². The third-order valence-electron chi connectivity index (χ3n) is 4.72. The maximum atomic E-state index is 13.0. The number of likely N-dealkylation sites (N-methyl/N-ethyl adjacent to an activating group) is 1. The van der Waals surface area contributed by atoms with Gasteiger partial charge in [0.15, 0.2) is 6.61 Å². The summed E-state index contributed by atoms with van der Waals surface area (Å²) in [5, 5.41) is 2.72. The lowest BCUT2D eigenvalue weighted by atomic mass is 10.2. The van der Waals surface area contributed by atoms with Gasteiger partial charge in [0.05, 0.1) is 7.11 Å². The van der Waals surface area contributed by atoms with Crippen molar-refractivity contribution < 1.29 is 27.5 Å². The molecule has 2 aromatic carbocycles. The van der Waals surface area contributed by atoms with E-state index in [0.29, 0.717) is 24.5 Å². The standard InChI is InChI=1S/C22H29N3O6S/c1-6-25(7-2)32(28,29)20-14-16(8-13-19(20)30-5)22(27)23-17-9-11-18(12-10-17)31-15-21(26)24(3)4/h8-14H,6-7,15H2,1-5H3,(H,23,27). The van der Waals surface area contributed by atoms with Crippen molar-refractivity contribution in [1.29, 1.82) is 0 Å². The topological polar surface area (TPSA) is 105 Å². The fourth-order valence-electron chi connectivity index (χ4n) is 2.83. The number of nitrogens with zero attached hydrogens (tertiary/aromatic N) is 2. The molecule has 174 valence electrons. The summed E-state index contributed by atoms with van der Waals surface area (Å²) in [5.74, 6) is 0.00919. The number of methoxy groups -OCH3 is 1. The highest BCUT2D eigenvalue weighted by molar-refractivity contribution is 7.89. The molecule has 0 aliphatic rings. The molecule has 2 amide bonds. The third-order valence-corrected chi connectivity index (χ3v) is 6.79. The molecule has 0 atom stereocenters. The molecule has 0 heterocycles. The molecule has 0 aliphatic heterocycles. The summed E-state index contributed by atoms with van der Waals surface area (Å²) in [4.78, 5) is 25.7. The molecule has 0 saturated heterocycles. The average molecular weight is 464 g/mol. The lowest BCUT2D eigenvalue weighted by molar-refractivity contribution is -0.130. The molecular formula is C22H29N3O6S. The fraction of sp³-hybridized carbons (Fsp3) is 0.364. The van der Waals surface area contributed by atoms with E-state index < -0.39 is 15.9 Å². The summed E-state index contributed by atoms with van der Waals surface area (Å²) in [6.45, 7) is 4.00. The van der Waals surface area contributed by atoms with Gasteiger partial charge in [-0.1, -0.05) is 13.8 Å². The highest BCUT2D eigenvalue weighted by Gasteiger charge is 2.26. The number of nitrogens with one attached hydrogen (secondary N) is 1. The lowest BCUT2D eigenvalue weighted by Gasteiger charge is -2.20. The van der Waals surface area contributed by atoms with Gasteiger partial charge in [-0.15, -0.1) is 0 Å². The second-order valence-corrected chi connectivity index (χ2v) is 8.92. The number of ether oxygens (including phenoxy) is 2. The minimum atomic E-state index is -3.82. The van der Waals surface area contributed by atoms with Gasteiger partial charge in [0.1, 0.15) is 16.4 Å². The van der Waals surface area contributed by atoms with E-state index in [1.165, 1.54) is 34.5 Å². The number of carbonyl (C=O) groups excluding carboxylic acids is 2. The summed E-state index contributed by atoms with van der Waals surface area (Å²) in [6, 6.07) is 10.8. The molecule has 10 heteroatoms. The van der Waals surface area contributed by atoms with Gasteiger partial charge in [-0.05, 0) is 42.5 Å². The van der Waals surface area contributed by atoms with Crippen LogP contribution in [0.2, 0.25) is 0 Å². The minimum absolute atomic E-state index is 0.0642. The van der Waals surface area contributed by atoms with Crippen molar-refractivity contribution in [3.8, 4) is 11.5 Å². The van der Waals surface area contributed by atoms with Crippen LogP contribution in [0.4, 0.5) is 5.69 Å². The molecule has 0 aromatic heterocycles. The van der Waals surface area contributed by atoms with Gasteiger partial charge in [-0.2, -0.15) is 4.31 Å². The first-order chi connectivity index (χ1) is 15.1. The molecule has 1 N–H and O–H groups in total. The third kappa shape index (κ3) is 5.98. The Balaban J connectivity index is 2.19. The SMILES string of the molecule is CCN(CC)S(=O)(=O)c1cc(C(=O)Nc2ccc(OCC(=O)N(C)C)cc2)ccc1OC. The number of benzene rings is 2. The maximum absolute atomic E-state index is 13.0. The molecule has 0 spiro atoms. The number of anilines is 1. The Morgan fingerprint density at radius 1 is 1.00 bits per heavy atom. The first kappa shape index (κ1) is 25.2. The summed E-state index contributed by atoms with van der Waals surface area (Å²) >= 11 is 0. The summed E-state index contributed by atoms with van der Waals surface area (Å²) in [7, 11) is 0.846. The van der Waals surface area contributed by atoms with Crippen molar-refractivity contribution >= 4 is 27.5 Å². The summed E-state index contributed by atoms with van der Waals surface area (Å²) in [5.41, 5.74) is 0.665. The molecule has 0 aliphatic carbocycles. The van der Waals surface area contributed by atoms with E-state index in [-0.39, 0.29) is 28.7 Å². The van der Waals surface area contributed by atoms with Crippen LogP contribution in [0.3, 0.4) is 0 Å². The van der Waals surface area contributed by atoms with Crippen LogP contribution in [0.1, 0.15) is 24.2 Å². The number of sulfonamides is 1. The van der Waals surface area contributed by atoms with Crippen LogP contribution < -0.4 is 14.8 Å². The predicted octanol–water partition coefficient (Wildman–Crippen LogP) is 2.45. The van der Waals surface area contributed by atoms with Crippen LogP contribution in [0.15, 0.2) is 47.4 Å². The molecule has 0 radical (unpaired) electrons. The lowest BCUT2D eigenvalue weighted by Crippen LogP contribution is -2.31. The second kappa shape index (κ2) is 11.0. The highest BCUT2D eigenvalue weighted by atomic mass is 32.2. The van der Waals surface area contributed by atoms with Gasteiger partial charge in [0.25, 0.3) is 11.8 Å². The van der Waals surface area contributed by atoms with Crippen molar-refractivity contribution in [2.24, 2.45) is 0 Å². The smallest absolute Gasteiger partial charge is 0.259 e. The van der Waals surface area contributed by atoms with E-state index in [4.69, 9.17) is 9.47 Å². The van der Waals surface area contributed by atoms with E-state index in [0.717, 1.165) is 0 Å². The zero-order valence-electron chi connectivity index (χ0n) is 18.9. The largest absolute Gasteiger partial charge is 0.495 e.